The fourth-order valence-electron chi connectivity index (χ4n) is 1.42. The van der Waals surface area contributed by atoms with Crippen molar-refractivity contribution in [1.82, 2.24) is 5.32 Å². The third-order valence-corrected chi connectivity index (χ3v) is 2.55. The van der Waals surface area contributed by atoms with E-state index in [1.165, 1.54) is 0 Å². The van der Waals surface area contributed by atoms with E-state index in [4.69, 9.17) is 19.3 Å². The molecule has 0 atom stereocenters. The Labute approximate surface area is 121 Å². The van der Waals surface area contributed by atoms with E-state index in [1.807, 2.05) is 0 Å². The smallest absolute Gasteiger partial charge is 0.303 e. The molecule has 6 heteroatoms. The molecule has 0 aromatic heterocycles. The number of unbranched alkanes of at least 4 members (excludes halogenated alkanes) is 1. The Bertz CT molecular complexity index is 214. The Morgan fingerprint density at radius 3 is 2.10 bits per heavy atom. The normalized spacial score (nSPS) is 10.8. The predicted octanol–water partition coefficient (Wildman–Crippen LogP) is 1.29. The van der Waals surface area contributed by atoms with Crippen LogP contribution in [0.5, 0.6) is 0 Å². The maximum Gasteiger partial charge on any atom is 0.303 e. The standard InChI is InChI=1S/C14H29NO5/c1-2-3-8-18-10-12-20-13-11-19-9-7-15-6-4-5-14(16)17/h15H,2-13H2,1H3,(H,16,17). The lowest BCUT2D eigenvalue weighted by Gasteiger charge is -2.07. The summed E-state index contributed by atoms with van der Waals surface area (Å²) in [6, 6.07) is 0. The third kappa shape index (κ3) is 17.3. The molecule has 0 saturated heterocycles. The largest absolute Gasteiger partial charge is 0.481 e. The van der Waals surface area contributed by atoms with Gasteiger partial charge in [0.1, 0.15) is 0 Å². The van der Waals surface area contributed by atoms with Crippen molar-refractivity contribution in [2.45, 2.75) is 32.6 Å². The number of hydrogen-bond acceptors (Lipinski definition) is 5. The number of aliphatic carboxylic acids is 1. The fourth-order valence-corrected chi connectivity index (χ4v) is 1.42. The van der Waals surface area contributed by atoms with Crippen molar-refractivity contribution in [2.24, 2.45) is 0 Å². The maximum atomic E-state index is 10.3. The van der Waals surface area contributed by atoms with Gasteiger partial charge in [0.2, 0.25) is 0 Å². The topological polar surface area (TPSA) is 77.0 Å². The number of carbonyl (C=O) groups is 1. The van der Waals surface area contributed by atoms with Crippen molar-refractivity contribution in [3.63, 3.8) is 0 Å². The van der Waals surface area contributed by atoms with E-state index < -0.39 is 5.97 Å². The van der Waals surface area contributed by atoms with Gasteiger partial charge in [0, 0.05) is 19.6 Å². The lowest BCUT2D eigenvalue weighted by atomic mass is 10.3. The minimum Gasteiger partial charge on any atom is -0.481 e. The van der Waals surface area contributed by atoms with Crippen LogP contribution < -0.4 is 5.32 Å². The molecule has 0 fully saturated rings. The molecule has 0 spiro atoms. The summed E-state index contributed by atoms with van der Waals surface area (Å²) in [6.07, 6.45) is 3.11. The molecule has 0 radical (unpaired) electrons. The molecule has 6 nitrogen and oxygen atoms in total. The third-order valence-electron chi connectivity index (χ3n) is 2.55. The van der Waals surface area contributed by atoms with Gasteiger partial charge in [0.25, 0.3) is 0 Å². The Hall–Kier alpha value is -0.690. The van der Waals surface area contributed by atoms with Crippen molar-refractivity contribution >= 4 is 5.97 Å². The molecule has 0 aliphatic heterocycles. The van der Waals surface area contributed by atoms with Gasteiger partial charge in [-0.1, -0.05) is 13.3 Å². The maximum absolute atomic E-state index is 10.3. The molecule has 0 heterocycles. The van der Waals surface area contributed by atoms with Gasteiger partial charge < -0.3 is 24.6 Å². The highest BCUT2D eigenvalue weighted by molar-refractivity contribution is 5.66. The molecule has 0 aliphatic carbocycles. The molecular weight excluding hydrogens is 262 g/mol. The zero-order chi connectivity index (χ0) is 14.9. The first kappa shape index (κ1) is 19.3. The number of carboxylic acid groups (broad SMARTS) is 1. The molecule has 0 rings (SSSR count). The highest BCUT2D eigenvalue weighted by Crippen LogP contribution is 1.88. The average Bonchev–Trinajstić information content (AvgIpc) is 2.43. The first-order valence-corrected chi connectivity index (χ1v) is 7.43. The van der Waals surface area contributed by atoms with E-state index in [1.54, 1.807) is 0 Å². The number of carboxylic acids is 1. The van der Waals surface area contributed by atoms with Gasteiger partial charge >= 0.3 is 5.97 Å². The molecule has 0 aromatic rings. The summed E-state index contributed by atoms with van der Waals surface area (Å²) >= 11 is 0. The van der Waals surface area contributed by atoms with Crippen LogP contribution in [0.15, 0.2) is 0 Å². The van der Waals surface area contributed by atoms with Gasteiger partial charge in [0.15, 0.2) is 0 Å². The highest BCUT2D eigenvalue weighted by Gasteiger charge is 1.95. The summed E-state index contributed by atoms with van der Waals surface area (Å²) < 4.78 is 16.1. The number of nitrogens with one attached hydrogen (secondary N) is 1. The van der Waals surface area contributed by atoms with Crippen LogP contribution in [-0.2, 0) is 19.0 Å². The van der Waals surface area contributed by atoms with E-state index in [-0.39, 0.29) is 6.42 Å². The molecular formula is C14H29NO5. The molecule has 0 aliphatic rings. The number of ether oxygens (including phenoxy) is 3. The quantitative estimate of drug-likeness (QED) is 0.417. The second kappa shape index (κ2) is 16.4. The van der Waals surface area contributed by atoms with Crippen molar-refractivity contribution in [3.8, 4) is 0 Å². The van der Waals surface area contributed by atoms with E-state index >= 15 is 0 Å². The summed E-state index contributed by atoms with van der Waals surface area (Å²) in [5, 5.41) is 11.6. The van der Waals surface area contributed by atoms with Gasteiger partial charge in [-0.05, 0) is 19.4 Å². The molecule has 0 unspecified atom stereocenters. The molecule has 120 valence electrons. The predicted molar refractivity (Wildman–Crippen MR) is 77.1 cm³/mol. The summed E-state index contributed by atoms with van der Waals surface area (Å²) in [5.74, 6) is -0.751. The van der Waals surface area contributed by atoms with Gasteiger partial charge in [-0.15, -0.1) is 0 Å². The average molecular weight is 291 g/mol. The van der Waals surface area contributed by atoms with Crippen molar-refractivity contribution in [2.75, 3.05) is 52.7 Å². The van der Waals surface area contributed by atoms with Crippen molar-refractivity contribution in [1.29, 1.82) is 0 Å². The first-order valence-electron chi connectivity index (χ1n) is 7.43. The van der Waals surface area contributed by atoms with Crippen molar-refractivity contribution < 1.29 is 24.1 Å². The summed E-state index contributed by atoms with van der Waals surface area (Å²) in [6.45, 7) is 7.42. The Morgan fingerprint density at radius 1 is 0.900 bits per heavy atom. The van der Waals surface area contributed by atoms with E-state index in [0.29, 0.717) is 46.0 Å². The van der Waals surface area contributed by atoms with Gasteiger partial charge in [-0.2, -0.15) is 0 Å². The second-order valence-electron chi connectivity index (χ2n) is 4.44. The molecule has 20 heavy (non-hydrogen) atoms. The lowest BCUT2D eigenvalue weighted by molar-refractivity contribution is -0.137. The molecule has 0 aromatic carbocycles. The fraction of sp³-hybridized carbons (Fsp3) is 0.929. The van der Waals surface area contributed by atoms with Crippen LogP contribution in [0.25, 0.3) is 0 Å². The first-order chi connectivity index (χ1) is 9.77. The molecule has 0 bridgehead atoms. The minimum absolute atomic E-state index is 0.210. The van der Waals surface area contributed by atoms with E-state index in [0.717, 1.165) is 26.0 Å². The molecule has 0 amide bonds. The minimum atomic E-state index is -0.751. The van der Waals surface area contributed by atoms with Gasteiger partial charge in [-0.3, -0.25) is 4.79 Å². The van der Waals surface area contributed by atoms with Gasteiger partial charge in [0.05, 0.1) is 33.0 Å². The summed E-state index contributed by atoms with van der Waals surface area (Å²) in [4.78, 5) is 10.3. The highest BCUT2D eigenvalue weighted by atomic mass is 16.5. The van der Waals surface area contributed by atoms with Crippen LogP contribution in [0, 0.1) is 0 Å². The summed E-state index contributed by atoms with van der Waals surface area (Å²) in [5.41, 5.74) is 0. The lowest BCUT2D eigenvalue weighted by Crippen LogP contribution is -2.22. The van der Waals surface area contributed by atoms with Crippen LogP contribution in [0.1, 0.15) is 32.6 Å². The summed E-state index contributed by atoms with van der Waals surface area (Å²) in [7, 11) is 0. The Balaban J connectivity index is 2.94. The number of rotatable bonds is 16. The van der Waals surface area contributed by atoms with Gasteiger partial charge in [-0.25, -0.2) is 0 Å². The van der Waals surface area contributed by atoms with Crippen LogP contribution >= 0.6 is 0 Å². The van der Waals surface area contributed by atoms with Crippen LogP contribution in [0.3, 0.4) is 0 Å². The monoisotopic (exact) mass is 291 g/mol. The second-order valence-corrected chi connectivity index (χ2v) is 4.44. The van der Waals surface area contributed by atoms with E-state index in [2.05, 4.69) is 12.2 Å². The molecule has 0 saturated carbocycles. The number of hydrogen-bond donors (Lipinski definition) is 2. The van der Waals surface area contributed by atoms with Crippen LogP contribution in [-0.4, -0.2) is 63.8 Å². The van der Waals surface area contributed by atoms with Crippen molar-refractivity contribution in [3.05, 3.63) is 0 Å². The zero-order valence-electron chi connectivity index (χ0n) is 12.6. The van der Waals surface area contributed by atoms with Crippen LogP contribution in [0.2, 0.25) is 0 Å². The molecule has 2 N–H and O–H groups in total. The zero-order valence-corrected chi connectivity index (χ0v) is 12.6. The Kier molecular flexibility index (Phi) is 15.8. The SMILES string of the molecule is CCCCOCCOCCOCCNCCCC(=O)O. The van der Waals surface area contributed by atoms with Crippen LogP contribution in [0.4, 0.5) is 0 Å². The Morgan fingerprint density at radius 2 is 1.50 bits per heavy atom. The van der Waals surface area contributed by atoms with E-state index in [9.17, 15) is 4.79 Å².